The van der Waals surface area contributed by atoms with Crippen LogP contribution in [0.3, 0.4) is 0 Å². The van der Waals surface area contributed by atoms with E-state index < -0.39 is 35.2 Å². The highest BCUT2D eigenvalue weighted by Crippen LogP contribution is 2.07. The molecule has 0 aliphatic rings. The molecule has 0 saturated heterocycles. The van der Waals surface area contributed by atoms with E-state index in [4.69, 9.17) is 22.1 Å². The minimum absolute atomic E-state index is 0. The Labute approximate surface area is 270 Å². The lowest BCUT2D eigenvalue weighted by atomic mass is 10.0. The van der Waals surface area contributed by atoms with Crippen LogP contribution in [0.4, 0.5) is 0 Å². The van der Waals surface area contributed by atoms with Crippen LogP contribution in [0.15, 0.2) is 48.5 Å². The molecule has 244 valence electrons. The fraction of sp³-hybridized carbons (Fsp3) is 0.438. The maximum absolute atomic E-state index is 12.1. The number of nitrogens with two attached hydrogens (primary N) is 1. The van der Waals surface area contributed by atoms with Crippen LogP contribution >= 0.6 is 24.0 Å². The molecule has 0 aromatic heterocycles. The first kappa shape index (κ1) is 42.5. The highest BCUT2D eigenvalue weighted by atomic mass is 35.5. The van der Waals surface area contributed by atoms with Gasteiger partial charge in [-0.25, -0.2) is 9.59 Å². The number of aryl methyl sites for hydroxylation is 2. The van der Waals surface area contributed by atoms with Gasteiger partial charge in [-0.2, -0.15) is 0 Å². The number of carbonyl (C=O) groups is 6. The van der Waals surface area contributed by atoms with Crippen LogP contribution in [0.2, 0.25) is 0 Å². The summed E-state index contributed by atoms with van der Waals surface area (Å²) in [5.74, 6) is -3.10. The van der Waals surface area contributed by atoms with E-state index in [9.17, 15) is 28.8 Å². The number of ether oxygens (including phenoxy) is 2. The molecule has 10 nitrogen and oxygen atoms in total. The lowest BCUT2D eigenvalue weighted by Crippen LogP contribution is -2.48. The molecule has 2 unspecified atom stereocenters. The molecule has 2 atom stereocenters. The summed E-state index contributed by atoms with van der Waals surface area (Å²) in [5.41, 5.74) is 8.41. The first-order chi connectivity index (χ1) is 20.1. The van der Waals surface area contributed by atoms with Crippen molar-refractivity contribution in [1.29, 1.82) is 0 Å². The molecule has 1 amide bonds. The molecule has 0 heterocycles. The summed E-state index contributed by atoms with van der Waals surface area (Å²) in [7, 11) is 0. The fourth-order valence-corrected chi connectivity index (χ4v) is 3.24. The van der Waals surface area contributed by atoms with Crippen molar-refractivity contribution in [2.24, 2.45) is 17.6 Å². The van der Waals surface area contributed by atoms with Gasteiger partial charge in [0, 0.05) is 23.0 Å². The van der Waals surface area contributed by atoms with E-state index >= 15 is 0 Å². The zero-order chi connectivity index (χ0) is 33.3. The van der Waals surface area contributed by atoms with Gasteiger partial charge in [0.05, 0.1) is 13.2 Å². The molecule has 2 rings (SSSR count). The van der Waals surface area contributed by atoms with Crippen molar-refractivity contribution in [3.8, 4) is 0 Å². The van der Waals surface area contributed by atoms with Gasteiger partial charge in [-0.3, -0.25) is 19.2 Å². The number of Topliss-reactive ketones (excluding diaryl/α,β-unsaturated/α-hetero) is 2. The molecule has 44 heavy (non-hydrogen) atoms. The highest BCUT2D eigenvalue weighted by Gasteiger charge is 2.31. The second-order valence-corrected chi connectivity index (χ2v) is 10.4. The van der Waals surface area contributed by atoms with Crippen molar-refractivity contribution in [2.75, 3.05) is 13.2 Å². The molecule has 12 heteroatoms. The molecular formula is C32H44Cl2N2O8. The van der Waals surface area contributed by atoms with Gasteiger partial charge >= 0.3 is 11.9 Å². The number of hydrogen-bond acceptors (Lipinski definition) is 9. The van der Waals surface area contributed by atoms with Gasteiger partial charge in [-0.05, 0) is 63.6 Å². The molecule has 0 aliphatic carbocycles. The van der Waals surface area contributed by atoms with E-state index in [1.54, 1.807) is 77.9 Å². The predicted octanol–water partition coefficient (Wildman–Crippen LogP) is 4.78. The Kier molecular flexibility index (Phi) is 21.3. The van der Waals surface area contributed by atoms with Gasteiger partial charge in [0.25, 0.3) is 11.1 Å². The van der Waals surface area contributed by atoms with E-state index in [-0.39, 0.29) is 49.0 Å². The largest absolute Gasteiger partial charge is 0.464 e. The van der Waals surface area contributed by atoms with Crippen LogP contribution in [0, 0.1) is 25.7 Å². The molecule has 3 N–H and O–H groups in total. The quantitative estimate of drug-likeness (QED) is 0.197. The third-order valence-corrected chi connectivity index (χ3v) is 5.88. The number of benzene rings is 2. The Morgan fingerprint density at radius 3 is 1.45 bits per heavy atom. The van der Waals surface area contributed by atoms with Crippen LogP contribution in [-0.2, 0) is 28.7 Å². The lowest BCUT2D eigenvalue weighted by molar-refractivity contribution is -0.150. The zero-order valence-corrected chi connectivity index (χ0v) is 28.0. The molecule has 0 aliphatic heterocycles. The van der Waals surface area contributed by atoms with E-state index in [0.717, 1.165) is 11.1 Å². The average molecular weight is 656 g/mol. The Bertz CT molecular complexity index is 1230. The van der Waals surface area contributed by atoms with Crippen molar-refractivity contribution in [2.45, 2.75) is 67.5 Å². The number of hydrogen-bond donors (Lipinski definition) is 2. The summed E-state index contributed by atoms with van der Waals surface area (Å²) in [6, 6.07) is 11.6. The van der Waals surface area contributed by atoms with E-state index in [2.05, 4.69) is 10.1 Å². The van der Waals surface area contributed by atoms with Crippen LogP contribution in [0.5, 0.6) is 0 Å². The SMILES string of the molecule is CCOC(=O)C(N)C(=O)C(C)C.CCOC(=O)C(NC(=O)c1ccc(C)cc1)C(=O)C(C)C.Cc1ccc(C(=O)Cl)cc1.Cl. The molecule has 0 saturated carbocycles. The van der Waals surface area contributed by atoms with Gasteiger partial charge in [0.15, 0.2) is 23.7 Å². The third-order valence-electron chi connectivity index (χ3n) is 5.66. The molecule has 2 aromatic rings. The Hall–Kier alpha value is -3.60. The summed E-state index contributed by atoms with van der Waals surface area (Å²) >= 11 is 5.22. The summed E-state index contributed by atoms with van der Waals surface area (Å²) in [6.45, 7) is 14.3. The molecule has 2 aromatic carbocycles. The monoisotopic (exact) mass is 654 g/mol. The van der Waals surface area contributed by atoms with E-state index in [1.807, 2.05) is 26.0 Å². The first-order valence-electron chi connectivity index (χ1n) is 13.9. The summed E-state index contributed by atoms with van der Waals surface area (Å²) in [5, 5.41) is 2.05. The first-order valence-corrected chi connectivity index (χ1v) is 14.2. The Morgan fingerprint density at radius 1 is 0.705 bits per heavy atom. The molecule has 0 bridgehead atoms. The van der Waals surface area contributed by atoms with Crippen molar-refractivity contribution < 1.29 is 38.2 Å². The second kappa shape index (κ2) is 22.0. The normalized spacial score (nSPS) is 11.3. The number of nitrogens with one attached hydrogen (secondary N) is 1. The molecule has 0 fully saturated rings. The number of rotatable bonds is 11. The summed E-state index contributed by atoms with van der Waals surface area (Å²) < 4.78 is 9.45. The maximum atomic E-state index is 12.1. The predicted molar refractivity (Wildman–Crippen MR) is 172 cm³/mol. The van der Waals surface area contributed by atoms with Crippen LogP contribution in [0.1, 0.15) is 73.4 Å². The van der Waals surface area contributed by atoms with E-state index in [0.29, 0.717) is 11.1 Å². The fourth-order valence-electron chi connectivity index (χ4n) is 3.12. The summed E-state index contributed by atoms with van der Waals surface area (Å²) in [6.07, 6.45) is 0. The van der Waals surface area contributed by atoms with Crippen LogP contribution < -0.4 is 11.1 Å². The Balaban J connectivity index is 0. The van der Waals surface area contributed by atoms with Crippen molar-refractivity contribution in [1.82, 2.24) is 5.32 Å². The van der Waals surface area contributed by atoms with Crippen LogP contribution in [-0.4, -0.2) is 60.0 Å². The minimum Gasteiger partial charge on any atom is -0.464 e. The Morgan fingerprint density at radius 2 is 1.09 bits per heavy atom. The highest BCUT2D eigenvalue weighted by molar-refractivity contribution is 6.67. The molecule has 0 radical (unpaired) electrons. The van der Waals surface area contributed by atoms with E-state index in [1.165, 1.54) is 0 Å². The number of carbonyl (C=O) groups excluding carboxylic acids is 6. The van der Waals surface area contributed by atoms with Gasteiger partial charge < -0.3 is 20.5 Å². The van der Waals surface area contributed by atoms with Gasteiger partial charge in [-0.1, -0.05) is 63.1 Å². The number of ketones is 2. The molecule has 0 spiro atoms. The second-order valence-electron chi connectivity index (χ2n) is 10.0. The number of esters is 2. The minimum atomic E-state index is -1.27. The maximum Gasteiger partial charge on any atom is 0.336 e. The van der Waals surface area contributed by atoms with Gasteiger partial charge in [0.2, 0.25) is 0 Å². The number of halogens is 2. The van der Waals surface area contributed by atoms with Crippen molar-refractivity contribution in [3.63, 3.8) is 0 Å². The smallest absolute Gasteiger partial charge is 0.336 e. The summed E-state index contributed by atoms with van der Waals surface area (Å²) in [4.78, 5) is 68.6. The lowest BCUT2D eigenvalue weighted by Gasteiger charge is -2.18. The van der Waals surface area contributed by atoms with Crippen LogP contribution in [0.25, 0.3) is 0 Å². The number of amides is 1. The van der Waals surface area contributed by atoms with Crippen molar-refractivity contribution in [3.05, 3.63) is 70.8 Å². The standard InChI is InChI=1S/C16H21NO4.C8H7ClO.C8H15NO3.ClH/c1-5-21-16(20)13(14(18)10(2)3)17-15(19)12-8-6-11(4)7-9-12;1-6-2-4-7(5-3-6)8(9)10;1-4-12-8(11)6(9)7(10)5(2)3;/h6-10,13H,5H2,1-4H3,(H,17,19);2-5H,1H3;5-6H,4,9H2,1-3H3;1H. The topological polar surface area (TPSA) is 159 Å². The van der Waals surface area contributed by atoms with Gasteiger partial charge in [0.1, 0.15) is 0 Å². The third kappa shape index (κ3) is 15.7. The zero-order valence-electron chi connectivity index (χ0n) is 26.5. The average Bonchev–Trinajstić information content (AvgIpc) is 2.96. The van der Waals surface area contributed by atoms with Crippen molar-refractivity contribution >= 4 is 58.7 Å². The molecular weight excluding hydrogens is 611 g/mol. The van der Waals surface area contributed by atoms with Gasteiger partial charge in [-0.15, -0.1) is 12.4 Å².